The van der Waals surface area contributed by atoms with Gasteiger partial charge < -0.3 is 11.1 Å². The van der Waals surface area contributed by atoms with E-state index in [1.54, 1.807) is 0 Å². The number of nitrogens with one attached hydrogen (secondary N) is 1. The van der Waals surface area contributed by atoms with E-state index in [1.807, 2.05) is 0 Å². The molecule has 0 saturated carbocycles. The van der Waals surface area contributed by atoms with Crippen LogP contribution in [0.15, 0.2) is 23.8 Å². The predicted molar refractivity (Wildman–Crippen MR) is 55.4 cm³/mol. The Kier molecular flexibility index (Phi) is 2.81. The van der Waals surface area contributed by atoms with Crippen molar-refractivity contribution in [2.75, 3.05) is 13.1 Å². The fraction of sp³-hybridized carbons (Fsp3) is 0.636. The minimum atomic E-state index is 0.574. The maximum atomic E-state index is 5.65. The van der Waals surface area contributed by atoms with E-state index in [9.17, 15) is 0 Å². The first kappa shape index (κ1) is 8.97. The average molecular weight is 178 g/mol. The highest BCUT2D eigenvalue weighted by Crippen LogP contribution is 2.22. The third-order valence-corrected chi connectivity index (χ3v) is 2.98. The van der Waals surface area contributed by atoms with Crippen molar-refractivity contribution >= 4 is 0 Å². The first-order chi connectivity index (χ1) is 6.40. The zero-order chi connectivity index (χ0) is 9.10. The van der Waals surface area contributed by atoms with Gasteiger partial charge in [0.15, 0.2) is 0 Å². The molecular weight excluding hydrogens is 160 g/mol. The van der Waals surface area contributed by atoms with Crippen LogP contribution in [-0.2, 0) is 0 Å². The SMILES string of the molecule is NCC1CNC(C2=CCCC=C2)C1. The molecule has 72 valence electrons. The number of hydrogen-bond donors (Lipinski definition) is 2. The van der Waals surface area contributed by atoms with Crippen molar-refractivity contribution in [3.05, 3.63) is 23.8 Å². The lowest BCUT2D eigenvalue weighted by molar-refractivity contribution is 0.585. The molecule has 1 fully saturated rings. The highest BCUT2D eigenvalue weighted by Gasteiger charge is 2.24. The third kappa shape index (κ3) is 2.01. The van der Waals surface area contributed by atoms with Crippen LogP contribution >= 0.6 is 0 Å². The van der Waals surface area contributed by atoms with Gasteiger partial charge >= 0.3 is 0 Å². The summed E-state index contributed by atoms with van der Waals surface area (Å²) < 4.78 is 0. The molecular formula is C11H18N2. The molecule has 0 amide bonds. The van der Waals surface area contributed by atoms with Gasteiger partial charge in [-0.1, -0.05) is 18.2 Å². The lowest BCUT2D eigenvalue weighted by Crippen LogP contribution is -2.23. The number of hydrogen-bond acceptors (Lipinski definition) is 2. The summed E-state index contributed by atoms with van der Waals surface area (Å²) in [6.45, 7) is 1.91. The van der Waals surface area contributed by atoms with E-state index in [0.717, 1.165) is 13.1 Å². The first-order valence-corrected chi connectivity index (χ1v) is 5.20. The van der Waals surface area contributed by atoms with E-state index in [2.05, 4.69) is 23.5 Å². The molecule has 0 aromatic carbocycles. The van der Waals surface area contributed by atoms with Gasteiger partial charge in [0, 0.05) is 6.04 Å². The van der Waals surface area contributed by atoms with Gasteiger partial charge in [-0.05, 0) is 43.8 Å². The van der Waals surface area contributed by atoms with Crippen LogP contribution in [0.25, 0.3) is 0 Å². The van der Waals surface area contributed by atoms with Crippen molar-refractivity contribution in [1.29, 1.82) is 0 Å². The molecule has 1 heterocycles. The van der Waals surface area contributed by atoms with Crippen molar-refractivity contribution in [3.8, 4) is 0 Å². The fourth-order valence-electron chi connectivity index (χ4n) is 2.13. The summed E-state index contributed by atoms with van der Waals surface area (Å²) in [4.78, 5) is 0. The molecule has 0 aromatic rings. The summed E-state index contributed by atoms with van der Waals surface area (Å²) in [6, 6.07) is 0.574. The highest BCUT2D eigenvalue weighted by atomic mass is 15.0. The van der Waals surface area contributed by atoms with E-state index in [4.69, 9.17) is 5.73 Å². The second-order valence-electron chi connectivity index (χ2n) is 3.98. The lowest BCUT2D eigenvalue weighted by atomic mass is 9.96. The molecule has 0 spiro atoms. The summed E-state index contributed by atoms with van der Waals surface area (Å²) in [5.74, 6) is 0.682. The summed E-state index contributed by atoms with van der Waals surface area (Å²) in [7, 11) is 0. The van der Waals surface area contributed by atoms with Crippen LogP contribution in [0.1, 0.15) is 19.3 Å². The molecule has 1 saturated heterocycles. The summed E-state index contributed by atoms with van der Waals surface area (Å²) >= 11 is 0. The smallest absolute Gasteiger partial charge is 0.0320 e. The molecule has 0 radical (unpaired) electrons. The van der Waals surface area contributed by atoms with E-state index in [0.29, 0.717) is 12.0 Å². The van der Waals surface area contributed by atoms with E-state index < -0.39 is 0 Å². The Bertz CT molecular complexity index is 230. The largest absolute Gasteiger partial charge is 0.330 e. The Morgan fingerprint density at radius 3 is 3.00 bits per heavy atom. The van der Waals surface area contributed by atoms with Crippen molar-refractivity contribution in [2.24, 2.45) is 11.7 Å². The summed E-state index contributed by atoms with van der Waals surface area (Å²) in [5, 5.41) is 3.53. The van der Waals surface area contributed by atoms with E-state index >= 15 is 0 Å². The Balaban J connectivity index is 1.95. The molecule has 1 aliphatic carbocycles. The van der Waals surface area contributed by atoms with Crippen LogP contribution in [-0.4, -0.2) is 19.1 Å². The zero-order valence-electron chi connectivity index (χ0n) is 8.00. The Hall–Kier alpha value is -0.600. The Morgan fingerprint density at radius 1 is 1.46 bits per heavy atom. The Morgan fingerprint density at radius 2 is 2.38 bits per heavy atom. The van der Waals surface area contributed by atoms with Crippen molar-refractivity contribution < 1.29 is 0 Å². The van der Waals surface area contributed by atoms with E-state index in [1.165, 1.54) is 24.8 Å². The number of allylic oxidation sites excluding steroid dienone is 2. The third-order valence-electron chi connectivity index (χ3n) is 2.98. The normalized spacial score (nSPS) is 33.5. The second-order valence-corrected chi connectivity index (χ2v) is 3.98. The minimum Gasteiger partial charge on any atom is -0.330 e. The number of rotatable bonds is 2. The average Bonchev–Trinajstić information content (AvgIpc) is 2.67. The molecule has 2 unspecified atom stereocenters. The van der Waals surface area contributed by atoms with Crippen molar-refractivity contribution in [2.45, 2.75) is 25.3 Å². The van der Waals surface area contributed by atoms with Crippen molar-refractivity contribution in [1.82, 2.24) is 5.32 Å². The summed E-state index contributed by atoms with van der Waals surface area (Å²) in [5.41, 5.74) is 7.12. The van der Waals surface area contributed by atoms with Crippen LogP contribution < -0.4 is 11.1 Å². The van der Waals surface area contributed by atoms with Gasteiger partial charge in [-0.15, -0.1) is 0 Å². The standard InChI is InChI=1S/C11H18N2/c12-7-9-6-11(13-8-9)10-4-2-1-3-5-10/h2,4-5,9,11,13H,1,3,6-8,12H2. The van der Waals surface area contributed by atoms with Gasteiger partial charge in [-0.3, -0.25) is 0 Å². The second kappa shape index (κ2) is 4.07. The predicted octanol–water partition coefficient (Wildman–Crippen LogP) is 1.20. The highest BCUT2D eigenvalue weighted by molar-refractivity contribution is 5.28. The van der Waals surface area contributed by atoms with Crippen LogP contribution in [0.4, 0.5) is 0 Å². The summed E-state index contributed by atoms with van der Waals surface area (Å²) in [6.07, 6.45) is 10.5. The van der Waals surface area contributed by atoms with Crippen LogP contribution in [0.5, 0.6) is 0 Å². The van der Waals surface area contributed by atoms with Crippen molar-refractivity contribution in [3.63, 3.8) is 0 Å². The molecule has 2 heteroatoms. The molecule has 1 aliphatic heterocycles. The molecule has 2 rings (SSSR count). The molecule has 13 heavy (non-hydrogen) atoms. The molecule has 2 aliphatic rings. The topological polar surface area (TPSA) is 38.0 Å². The first-order valence-electron chi connectivity index (χ1n) is 5.20. The maximum absolute atomic E-state index is 5.65. The van der Waals surface area contributed by atoms with Gasteiger partial charge in [0.05, 0.1) is 0 Å². The van der Waals surface area contributed by atoms with Crippen LogP contribution in [0.3, 0.4) is 0 Å². The molecule has 2 nitrogen and oxygen atoms in total. The van der Waals surface area contributed by atoms with Crippen LogP contribution in [0, 0.1) is 5.92 Å². The molecule has 2 atom stereocenters. The van der Waals surface area contributed by atoms with Crippen LogP contribution in [0.2, 0.25) is 0 Å². The minimum absolute atomic E-state index is 0.574. The van der Waals surface area contributed by atoms with Gasteiger partial charge in [0.1, 0.15) is 0 Å². The Labute approximate surface area is 79.9 Å². The molecule has 0 bridgehead atoms. The zero-order valence-corrected chi connectivity index (χ0v) is 8.00. The number of nitrogens with two attached hydrogens (primary N) is 1. The van der Waals surface area contributed by atoms with Gasteiger partial charge in [0.25, 0.3) is 0 Å². The lowest BCUT2D eigenvalue weighted by Gasteiger charge is -2.14. The maximum Gasteiger partial charge on any atom is 0.0320 e. The molecule has 3 N–H and O–H groups in total. The van der Waals surface area contributed by atoms with E-state index in [-0.39, 0.29) is 0 Å². The molecule has 0 aromatic heterocycles. The fourth-order valence-corrected chi connectivity index (χ4v) is 2.13. The van der Waals surface area contributed by atoms with Gasteiger partial charge in [-0.25, -0.2) is 0 Å². The quantitative estimate of drug-likeness (QED) is 0.667. The monoisotopic (exact) mass is 178 g/mol. The van der Waals surface area contributed by atoms with Gasteiger partial charge in [0.2, 0.25) is 0 Å². The van der Waals surface area contributed by atoms with Gasteiger partial charge in [-0.2, -0.15) is 0 Å².